The number of carbonyl (C=O) groups is 1. The highest BCUT2D eigenvalue weighted by molar-refractivity contribution is 6.71. The second-order valence-corrected chi connectivity index (χ2v) is 17.7. The minimum absolute atomic E-state index is 0.351. The Labute approximate surface area is 176 Å². The monoisotopic (exact) mass is 428 g/mol. The lowest BCUT2D eigenvalue weighted by atomic mass is 10.2. The van der Waals surface area contributed by atoms with Crippen LogP contribution in [-0.2, 0) is 16.0 Å². The predicted octanol–water partition coefficient (Wildman–Crippen LogP) is 5.91. The Morgan fingerprint density at radius 1 is 0.862 bits per heavy atom. The molecule has 0 heterocycles. The topological polar surface area (TPSA) is 44.8 Å². The first-order valence-corrected chi connectivity index (χ1v) is 16.7. The number of hydrogen-bond donors (Lipinski definition) is 0. The molecule has 0 bridgehead atoms. The second kappa shape index (κ2) is 9.94. The van der Waals surface area contributed by atoms with E-state index < -0.39 is 16.6 Å². The van der Waals surface area contributed by atoms with Gasteiger partial charge in [0.1, 0.15) is 11.5 Å². The van der Waals surface area contributed by atoms with Crippen molar-refractivity contribution in [2.75, 3.05) is 6.61 Å². The van der Waals surface area contributed by atoms with Crippen LogP contribution in [0.15, 0.2) is 54.6 Å². The number of esters is 1. The van der Waals surface area contributed by atoms with Crippen LogP contribution in [0.25, 0.3) is 6.08 Å². The molecule has 2 aromatic rings. The first kappa shape index (κ1) is 23.0. The van der Waals surface area contributed by atoms with Gasteiger partial charge in [0.05, 0.1) is 6.61 Å². The number of hydrogen-bond acceptors (Lipinski definition) is 4. The summed E-state index contributed by atoms with van der Waals surface area (Å²) < 4.78 is 17.7. The summed E-state index contributed by atoms with van der Waals surface area (Å²) in [6.07, 6.45) is 3.91. The summed E-state index contributed by atoms with van der Waals surface area (Å²) in [5, 5.41) is 0. The van der Waals surface area contributed by atoms with E-state index in [-0.39, 0.29) is 5.97 Å². The lowest BCUT2D eigenvalue weighted by Crippen LogP contribution is -2.32. The zero-order valence-corrected chi connectivity index (χ0v) is 20.3. The molecule has 0 amide bonds. The van der Waals surface area contributed by atoms with E-state index in [0.717, 1.165) is 22.6 Å². The van der Waals surface area contributed by atoms with Crippen molar-refractivity contribution in [1.82, 2.24) is 0 Å². The van der Waals surface area contributed by atoms with Gasteiger partial charge in [0.15, 0.2) is 0 Å². The Kier molecular flexibility index (Phi) is 7.87. The minimum Gasteiger partial charge on any atom is -0.542 e. The van der Waals surface area contributed by atoms with Gasteiger partial charge in [-0.1, -0.05) is 36.4 Å². The smallest absolute Gasteiger partial charge is 0.330 e. The van der Waals surface area contributed by atoms with E-state index in [9.17, 15) is 4.79 Å². The van der Waals surface area contributed by atoms with E-state index in [0.29, 0.717) is 13.0 Å². The van der Waals surface area contributed by atoms with Gasteiger partial charge in [-0.3, -0.25) is 0 Å². The average Bonchev–Trinajstić information content (AvgIpc) is 2.60. The molecule has 0 spiro atoms. The molecule has 0 atom stereocenters. The SMILES string of the molecule is C[Si](C)(C)Oc1ccc(/C=C/C(=O)OCCc2ccccc2)cc1O[Si](C)(C)C. The van der Waals surface area contributed by atoms with E-state index in [4.69, 9.17) is 13.6 Å². The lowest BCUT2D eigenvalue weighted by Gasteiger charge is -2.26. The molecule has 0 aliphatic heterocycles. The fourth-order valence-corrected chi connectivity index (χ4v) is 4.23. The maximum Gasteiger partial charge on any atom is 0.330 e. The molecule has 156 valence electrons. The zero-order chi connectivity index (χ0) is 21.5. The second-order valence-electron chi connectivity index (χ2n) is 8.87. The van der Waals surface area contributed by atoms with Crippen molar-refractivity contribution in [3.63, 3.8) is 0 Å². The normalized spacial score (nSPS) is 12.1. The van der Waals surface area contributed by atoms with Crippen molar-refractivity contribution in [2.45, 2.75) is 45.7 Å². The van der Waals surface area contributed by atoms with Gasteiger partial charge in [-0.25, -0.2) is 4.79 Å². The van der Waals surface area contributed by atoms with Gasteiger partial charge in [0.2, 0.25) is 16.6 Å². The molecule has 0 saturated carbocycles. The third kappa shape index (κ3) is 9.15. The van der Waals surface area contributed by atoms with Crippen molar-refractivity contribution >= 4 is 28.7 Å². The maximum absolute atomic E-state index is 12.0. The van der Waals surface area contributed by atoms with Crippen LogP contribution in [0.5, 0.6) is 11.5 Å². The molecule has 0 radical (unpaired) electrons. The standard InChI is InChI=1S/C23H32O4Si2/c1-28(2,3)26-21-14-12-20(18-22(21)27-29(4,5)6)13-15-23(24)25-17-16-19-10-8-7-9-11-19/h7-15,18H,16-17H2,1-6H3/b15-13+. The molecule has 4 nitrogen and oxygen atoms in total. The number of rotatable bonds is 9. The van der Waals surface area contributed by atoms with Crippen LogP contribution in [0.3, 0.4) is 0 Å². The Morgan fingerprint density at radius 3 is 2.10 bits per heavy atom. The minimum atomic E-state index is -1.80. The van der Waals surface area contributed by atoms with Crippen LogP contribution >= 0.6 is 0 Å². The summed E-state index contributed by atoms with van der Waals surface area (Å²) in [6.45, 7) is 13.2. The van der Waals surface area contributed by atoms with Crippen LogP contribution in [0.1, 0.15) is 11.1 Å². The highest BCUT2D eigenvalue weighted by Crippen LogP contribution is 2.33. The molecule has 0 aromatic heterocycles. The number of ether oxygens (including phenoxy) is 1. The molecule has 29 heavy (non-hydrogen) atoms. The summed E-state index contributed by atoms with van der Waals surface area (Å²) in [4.78, 5) is 12.0. The van der Waals surface area contributed by atoms with E-state index in [2.05, 4.69) is 39.3 Å². The van der Waals surface area contributed by atoms with E-state index in [1.165, 1.54) is 6.08 Å². The third-order valence-corrected chi connectivity index (χ3v) is 5.35. The summed E-state index contributed by atoms with van der Waals surface area (Å²) in [5.74, 6) is 1.16. The number of benzene rings is 2. The quantitative estimate of drug-likeness (QED) is 0.283. The molecule has 2 aromatic carbocycles. The van der Waals surface area contributed by atoms with Gasteiger partial charge in [0.25, 0.3) is 0 Å². The Balaban J connectivity index is 2.03. The molecular formula is C23H32O4Si2. The van der Waals surface area contributed by atoms with Crippen molar-refractivity contribution in [2.24, 2.45) is 0 Å². The summed E-state index contributed by atoms with van der Waals surface area (Å²) in [7, 11) is -3.56. The van der Waals surface area contributed by atoms with Crippen LogP contribution in [0, 0.1) is 0 Å². The fraction of sp³-hybridized carbons (Fsp3) is 0.348. The Bertz CT molecular complexity index is 834. The van der Waals surface area contributed by atoms with E-state index in [1.54, 1.807) is 6.08 Å². The highest BCUT2D eigenvalue weighted by atomic mass is 28.4. The lowest BCUT2D eigenvalue weighted by molar-refractivity contribution is -0.137. The number of carbonyl (C=O) groups excluding carboxylic acids is 1. The van der Waals surface area contributed by atoms with Gasteiger partial charge in [-0.05, 0) is 68.6 Å². The Morgan fingerprint density at radius 2 is 1.48 bits per heavy atom. The first-order chi connectivity index (χ1) is 13.5. The molecule has 0 saturated heterocycles. The van der Waals surface area contributed by atoms with Crippen molar-refractivity contribution < 1.29 is 18.4 Å². The average molecular weight is 429 g/mol. The predicted molar refractivity (Wildman–Crippen MR) is 125 cm³/mol. The molecular weight excluding hydrogens is 396 g/mol. The first-order valence-electron chi connectivity index (χ1n) is 9.93. The highest BCUT2D eigenvalue weighted by Gasteiger charge is 2.23. The van der Waals surface area contributed by atoms with Crippen LogP contribution < -0.4 is 8.85 Å². The van der Waals surface area contributed by atoms with Gasteiger partial charge in [-0.15, -0.1) is 0 Å². The maximum atomic E-state index is 12.0. The summed E-state index contributed by atoms with van der Waals surface area (Å²) >= 11 is 0. The molecule has 0 unspecified atom stereocenters. The summed E-state index contributed by atoms with van der Waals surface area (Å²) in [5.41, 5.74) is 2.02. The molecule has 6 heteroatoms. The van der Waals surface area contributed by atoms with Crippen LogP contribution in [-0.4, -0.2) is 29.2 Å². The fourth-order valence-electron chi connectivity index (χ4n) is 2.58. The zero-order valence-electron chi connectivity index (χ0n) is 18.3. The van der Waals surface area contributed by atoms with Crippen molar-refractivity contribution in [3.8, 4) is 11.5 Å². The molecule has 0 aliphatic carbocycles. The molecule has 0 fully saturated rings. The van der Waals surface area contributed by atoms with Gasteiger partial charge in [0, 0.05) is 12.5 Å². The van der Waals surface area contributed by atoms with E-state index >= 15 is 0 Å². The third-order valence-electron chi connectivity index (χ3n) is 3.69. The van der Waals surface area contributed by atoms with Crippen molar-refractivity contribution in [1.29, 1.82) is 0 Å². The van der Waals surface area contributed by atoms with Crippen molar-refractivity contribution in [3.05, 3.63) is 65.7 Å². The molecule has 2 rings (SSSR count). The van der Waals surface area contributed by atoms with Gasteiger partial charge in [-0.2, -0.15) is 0 Å². The largest absolute Gasteiger partial charge is 0.542 e. The summed E-state index contributed by atoms with van der Waals surface area (Å²) in [6, 6.07) is 15.8. The van der Waals surface area contributed by atoms with Gasteiger partial charge < -0.3 is 13.6 Å². The Hall–Kier alpha value is -2.32. The van der Waals surface area contributed by atoms with Crippen LogP contribution in [0.2, 0.25) is 39.3 Å². The molecule has 0 aliphatic rings. The molecule has 0 N–H and O–H groups in total. The van der Waals surface area contributed by atoms with Gasteiger partial charge >= 0.3 is 5.97 Å². The van der Waals surface area contributed by atoms with E-state index in [1.807, 2.05) is 48.5 Å². The van der Waals surface area contributed by atoms with Crippen LogP contribution in [0.4, 0.5) is 0 Å².